The normalized spacial score (nSPS) is 11.5. The van der Waals surface area contributed by atoms with Crippen LogP contribution < -0.4 is 5.32 Å². The Kier molecular flexibility index (Phi) is 4.83. The van der Waals surface area contributed by atoms with Crippen LogP contribution in [0.5, 0.6) is 0 Å². The Labute approximate surface area is 150 Å². The highest BCUT2D eigenvalue weighted by atomic mass is 32.2. The molecule has 1 aromatic heterocycles. The number of aromatic nitrogens is 2. The number of nitrogens with zero attached hydrogens (tertiary/aromatic N) is 3. The SMILES string of the molecule is CN(C)S(=O)(=O)c1ccc(-c2nnc(NC(=O)c3ccccc3)o2)cc1. The summed E-state index contributed by atoms with van der Waals surface area (Å²) in [6.07, 6.45) is 0. The van der Waals surface area contributed by atoms with Crippen LogP contribution >= 0.6 is 0 Å². The molecule has 3 aromatic rings. The standard InChI is InChI=1S/C17H16N4O4S/c1-21(2)26(23,24)14-10-8-13(9-11-14)16-19-20-17(25-16)18-15(22)12-6-4-3-5-7-12/h3-11H,1-2H3,(H,18,20,22). The number of rotatable bonds is 5. The van der Waals surface area contributed by atoms with Gasteiger partial charge in [-0.25, -0.2) is 12.7 Å². The van der Waals surface area contributed by atoms with E-state index in [2.05, 4.69) is 15.5 Å². The molecule has 0 unspecified atom stereocenters. The zero-order chi connectivity index (χ0) is 18.7. The molecule has 0 fully saturated rings. The molecule has 0 aliphatic heterocycles. The van der Waals surface area contributed by atoms with E-state index in [-0.39, 0.29) is 22.7 Å². The van der Waals surface area contributed by atoms with Gasteiger partial charge in [0.05, 0.1) is 4.90 Å². The average Bonchev–Trinajstić information content (AvgIpc) is 3.11. The largest absolute Gasteiger partial charge is 0.403 e. The van der Waals surface area contributed by atoms with Gasteiger partial charge in [0.2, 0.25) is 15.9 Å². The second-order valence-corrected chi connectivity index (χ2v) is 7.70. The maximum absolute atomic E-state index is 12.1. The Balaban J connectivity index is 1.77. The molecule has 0 atom stereocenters. The molecule has 3 rings (SSSR count). The van der Waals surface area contributed by atoms with Crippen LogP contribution in [0.1, 0.15) is 10.4 Å². The third kappa shape index (κ3) is 3.63. The first-order chi connectivity index (χ1) is 12.4. The Bertz CT molecular complexity index is 1010. The summed E-state index contributed by atoms with van der Waals surface area (Å²) in [5.74, 6) is -0.199. The van der Waals surface area contributed by atoms with Crippen molar-refractivity contribution in [1.29, 1.82) is 0 Å². The Morgan fingerprint density at radius 1 is 1.00 bits per heavy atom. The number of nitrogens with one attached hydrogen (secondary N) is 1. The maximum atomic E-state index is 12.1. The van der Waals surface area contributed by atoms with Crippen molar-refractivity contribution < 1.29 is 17.6 Å². The number of benzene rings is 2. The van der Waals surface area contributed by atoms with Gasteiger partial charge in [-0.15, -0.1) is 5.10 Å². The second-order valence-electron chi connectivity index (χ2n) is 5.54. The maximum Gasteiger partial charge on any atom is 0.322 e. The monoisotopic (exact) mass is 372 g/mol. The highest BCUT2D eigenvalue weighted by molar-refractivity contribution is 7.89. The first kappa shape index (κ1) is 17.8. The van der Waals surface area contributed by atoms with E-state index in [1.54, 1.807) is 36.4 Å². The van der Waals surface area contributed by atoms with Gasteiger partial charge in [0.1, 0.15) is 0 Å². The van der Waals surface area contributed by atoms with Crippen molar-refractivity contribution in [1.82, 2.24) is 14.5 Å². The number of anilines is 1. The van der Waals surface area contributed by atoms with Crippen molar-refractivity contribution >= 4 is 21.9 Å². The van der Waals surface area contributed by atoms with Crippen molar-refractivity contribution in [2.45, 2.75) is 4.90 Å². The van der Waals surface area contributed by atoms with Crippen molar-refractivity contribution in [2.75, 3.05) is 19.4 Å². The van der Waals surface area contributed by atoms with Crippen LogP contribution in [-0.4, -0.2) is 42.9 Å². The molecule has 2 aromatic carbocycles. The predicted molar refractivity (Wildman–Crippen MR) is 95.0 cm³/mol. The summed E-state index contributed by atoms with van der Waals surface area (Å²) < 4.78 is 30.7. The Morgan fingerprint density at radius 3 is 2.27 bits per heavy atom. The number of sulfonamides is 1. The van der Waals surface area contributed by atoms with Gasteiger partial charge in [-0.05, 0) is 36.4 Å². The molecule has 1 N–H and O–H groups in total. The van der Waals surface area contributed by atoms with Gasteiger partial charge in [-0.2, -0.15) is 0 Å². The summed E-state index contributed by atoms with van der Waals surface area (Å²) >= 11 is 0. The third-order valence-electron chi connectivity index (χ3n) is 3.56. The van der Waals surface area contributed by atoms with E-state index < -0.39 is 10.0 Å². The predicted octanol–water partition coefficient (Wildman–Crippen LogP) is 2.24. The molecule has 26 heavy (non-hydrogen) atoms. The molecular formula is C17H16N4O4S. The molecule has 1 heterocycles. The fraction of sp³-hybridized carbons (Fsp3) is 0.118. The second kappa shape index (κ2) is 7.06. The quantitative estimate of drug-likeness (QED) is 0.736. The lowest BCUT2D eigenvalue weighted by molar-refractivity contribution is 0.102. The van der Waals surface area contributed by atoms with Crippen molar-refractivity contribution in [3.8, 4) is 11.5 Å². The molecular weight excluding hydrogens is 356 g/mol. The summed E-state index contributed by atoms with van der Waals surface area (Å²) in [5.41, 5.74) is 1.00. The van der Waals surface area contributed by atoms with Crippen LogP contribution in [0.25, 0.3) is 11.5 Å². The van der Waals surface area contributed by atoms with Gasteiger partial charge < -0.3 is 4.42 Å². The van der Waals surface area contributed by atoms with Gasteiger partial charge >= 0.3 is 6.01 Å². The van der Waals surface area contributed by atoms with Crippen LogP contribution in [-0.2, 0) is 10.0 Å². The zero-order valence-corrected chi connectivity index (χ0v) is 14.9. The molecule has 0 radical (unpaired) electrons. The van der Waals surface area contributed by atoms with E-state index in [0.717, 1.165) is 4.31 Å². The molecule has 0 aliphatic rings. The number of carbonyl (C=O) groups is 1. The van der Waals surface area contributed by atoms with Gasteiger partial charge in [0.15, 0.2) is 0 Å². The first-order valence-electron chi connectivity index (χ1n) is 7.61. The summed E-state index contributed by atoms with van der Waals surface area (Å²) in [6, 6.07) is 14.6. The minimum absolute atomic E-state index is 0.0427. The van der Waals surface area contributed by atoms with E-state index >= 15 is 0 Å². The minimum atomic E-state index is -3.51. The topological polar surface area (TPSA) is 105 Å². The molecule has 134 valence electrons. The highest BCUT2D eigenvalue weighted by Crippen LogP contribution is 2.22. The molecule has 9 heteroatoms. The Morgan fingerprint density at radius 2 is 1.65 bits per heavy atom. The van der Waals surface area contributed by atoms with Crippen LogP contribution in [0, 0.1) is 0 Å². The van der Waals surface area contributed by atoms with Crippen LogP contribution in [0.3, 0.4) is 0 Å². The van der Waals surface area contributed by atoms with E-state index in [1.165, 1.54) is 26.2 Å². The van der Waals surface area contributed by atoms with Gasteiger partial charge in [-0.3, -0.25) is 10.1 Å². The molecule has 1 amide bonds. The lowest BCUT2D eigenvalue weighted by atomic mass is 10.2. The zero-order valence-electron chi connectivity index (χ0n) is 14.1. The molecule has 8 nitrogen and oxygen atoms in total. The molecule has 0 saturated heterocycles. The smallest absolute Gasteiger partial charge is 0.322 e. The van der Waals surface area contributed by atoms with Crippen molar-refractivity contribution in [3.63, 3.8) is 0 Å². The lowest BCUT2D eigenvalue weighted by Crippen LogP contribution is -2.22. The van der Waals surface area contributed by atoms with Crippen LogP contribution in [0.2, 0.25) is 0 Å². The summed E-state index contributed by atoms with van der Waals surface area (Å²) in [6.45, 7) is 0. The van der Waals surface area contributed by atoms with E-state index in [9.17, 15) is 13.2 Å². The van der Waals surface area contributed by atoms with Crippen LogP contribution in [0.4, 0.5) is 6.01 Å². The summed E-state index contributed by atoms with van der Waals surface area (Å²) in [5, 5.41) is 10.2. The van der Waals surface area contributed by atoms with Crippen molar-refractivity contribution in [3.05, 3.63) is 60.2 Å². The van der Waals surface area contributed by atoms with Crippen molar-refractivity contribution in [2.24, 2.45) is 0 Å². The molecule has 0 aliphatic carbocycles. The van der Waals surface area contributed by atoms with E-state index in [1.807, 2.05) is 6.07 Å². The fourth-order valence-electron chi connectivity index (χ4n) is 2.13. The van der Waals surface area contributed by atoms with Crippen LogP contribution in [0.15, 0.2) is 63.9 Å². The number of carbonyl (C=O) groups excluding carboxylic acids is 1. The molecule has 0 saturated carbocycles. The number of hydrogen-bond donors (Lipinski definition) is 1. The van der Waals surface area contributed by atoms with E-state index in [4.69, 9.17) is 4.42 Å². The van der Waals surface area contributed by atoms with Gasteiger partial charge in [-0.1, -0.05) is 23.3 Å². The summed E-state index contributed by atoms with van der Waals surface area (Å²) in [4.78, 5) is 12.2. The minimum Gasteiger partial charge on any atom is -0.403 e. The number of amides is 1. The Hall–Kier alpha value is -3.04. The molecule has 0 bridgehead atoms. The summed E-state index contributed by atoms with van der Waals surface area (Å²) in [7, 11) is -0.585. The lowest BCUT2D eigenvalue weighted by Gasteiger charge is -2.11. The fourth-order valence-corrected chi connectivity index (χ4v) is 3.03. The average molecular weight is 372 g/mol. The van der Waals surface area contributed by atoms with E-state index in [0.29, 0.717) is 11.1 Å². The first-order valence-corrected chi connectivity index (χ1v) is 9.05. The van der Waals surface area contributed by atoms with Gasteiger partial charge in [0, 0.05) is 25.2 Å². The molecule has 0 spiro atoms. The van der Waals surface area contributed by atoms with Gasteiger partial charge in [0.25, 0.3) is 5.91 Å². The third-order valence-corrected chi connectivity index (χ3v) is 5.39. The highest BCUT2D eigenvalue weighted by Gasteiger charge is 2.18. The number of hydrogen-bond acceptors (Lipinski definition) is 6.